The zero-order valence-electron chi connectivity index (χ0n) is 24.7. The fourth-order valence-electron chi connectivity index (χ4n) is 4.94. The molecule has 214 valence electrons. The molecule has 0 aliphatic heterocycles. The summed E-state index contributed by atoms with van der Waals surface area (Å²) in [6.45, 7) is 6.11. The molecule has 0 radical (unpaired) electrons. The summed E-state index contributed by atoms with van der Waals surface area (Å²) >= 11 is 1.58. The number of benzene rings is 6. The van der Waals surface area contributed by atoms with E-state index >= 15 is 0 Å². The van der Waals surface area contributed by atoms with Crippen LogP contribution in [0.2, 0.25) is 0 Å². The van der Waals surface area contributed by atoms with E-state index in [1.165, 1.54) is 55.6 Å². The molecule has 2 aliphatic rings. The summed E-state index contributed by atoms with van der Waals surface area (Å²) in [6.07, 6.45) is 2.10. The first kappa shape index (κ1) is 34.2. The van der Waals surface area contributed by atoms with Gasteiger partial charge in [0.2, 0.25) is 0 Å². The summed E-state index contributed by atoms with van der Waals surface area (Å²) in [6, 6.07) is 57.8. The molecule has 0 aromatic heterocycles. The number of halogens is 1. The van der Waals surface area contributed by atoms with Crippen LogP contribution in [0, 0.1) is 38.1 Å². The van der Waals surface area contributed by atoms with Crippen LogP contribution in [0.4, 0.5) is 0 Å². The van der Waals surface area contributed by atoms with Gasteiger partial charge in [0.1, 0.15) is 0 Å². The van der Waals surface area contributed by atoms with Crippen molar-refractivity contribution in [1.29, 1.82) is 0 Å². The largest absolute Gasteiger partial charge is 0.184 e. The Bertz CT molecular complexity index is 1470. The average molecular weight is 669 g/mol. The molecule has 3 heteroatoms. The molecule has 0 amide bonds. The third-order valence-corrected chi connectivity index (χ3v) is 7.17. The first-order chi connectivity index (χ1) is 20.7. The molecule has 43 heavy (non-hydrogen) atoms. The minimum absolute atomic E-state index is 0. The van der Waals surface area contributed by atoms with E-state index in [2.05, 4.69) is 117 Å². The Morgan fingerprint density at radius 3 is 1.33 bits per heavy atom. The van der Waals surface area contributed by atoms with E-state index in [9.17, 15) is 0 Å². The Morgan fingerprint density at radius 1 is 0.488 bits per heavy atom. The van der Waals surface area contributed by atoms with Crippen LogP contribution in [0.1, 0.15) is 33.4 Å². The molecule has 6 aromatic rings. The molecule has 0 saturated heterocycles. The Morgan fingerprint density at radius 2 is 0.930 bits per heavy atom. The zero-order chi connectivity index (χ0) is 29.6. The van der Waals surface area contributed by atoms with Crippen LogP contribution in [-0.4, -0.2) is 6.88 Å². The van der Waals surface area contributed by atoms with Crippen LogP contribution in [0.3, 0.4) is 0 Å². The minimum Gasteiger partial charge on any atom is -0.184 e. The topological polar surface area (TPSA) is 0 Å². The summed E-state index contributed by atoms with van der Waals surface area (Å²) < 4.78 is 0. The monoisotopic (exact) mass is 667 g/mol. The van der Waals surface area contributed by atoms with Crippen LogP contribution < -0.4 is 12.4 Å². The van der Waals surface area contributed by atoms with Gasteiger partial charge in [-0.3, -0.25) is 0 Å². The van der Waals surface area contributed by atoms with Gasteiger partial charge in [-0.1, -0.05) is 84.6 Å². The van der Waals surface area contributed by atoms with Crippen molar-refractivity contribution in [2.75, 3.05) is 0 Å². The van der Waals surface area contributed by atoms with Crippen molar-refractivity contribution in [3.63, 3.8) is 0 Å². The molecule has 0 fully saturated rings. The van der Waals surface area contributed by atoms with Gasteiger partial charge in [-0.2, -0.15) is 131 Å². The van der Waals surface area contributed by atoms with Gasteiger partial charge in [-0.05, 0) is 12.8 Å². The van der Waals surface area contributed by atoms with E-state index in [4.69, 9.17) is 0 Å². The fraction of sp³-hybridized carbons (Fsp3) is 0.100. The molecule has 0 atom stereocenters. The van der Waals surface area contributed by atoms with Crippen molar-refractivity contribution >= 4 is 6.88 Å². The predicted octanol–water partition coefficient (Wildman–Crippen LogP) is 5.79. The van der Waals surface area contributed by atoms with Crippen LogP contribution >= 0.6 is 0 Å². The molecule has 0 bridgehead atoms. The fourth-order valence-corrected chi connectivity index (χ4v) is 4.94. The van der Waals surface area contributed by atoms with Crippen molar-refractivity contribution < 1.29 is 35.7 Å². The molecule has 0 saturated carbocycles. The maximum atomic E-state index is 3.30. The number of hydrogen-bond acceptors (Lipinski definition) is 0. The average Bonchev–Trinajstić information content (AvgIpc) is 3.64. The zero-order valence-corrected chi connectivity index (χ0v) is 29.3. The summed E-state index contributed by atoms with van der Waals surface area (Å²) in [5.74, 6) is 0. The van der Waals surface area contributed by atoms with Crippen molar-refractivity contribution in [2.24, 2.45) is 0 Å². The smallest absolute Gasteiger partial charge is 0.0253 e. The first-order valence-electron chi connectivity index (χ1n) is 14.1. The third-order valence-electron chi connectivity index (χ3n) is 7.17. The molecule has 2 aliphatic carbocycles. The van der Waals surface area contributed by atoms with E-state index in [0.29, 0.717) is 0 Å². The molecule has 6 aromatic carbocycles. The van der Waals surface area contributed by atoms with Gasteiger partial charge < -0.3 is 12.4 Å². The van der Waals surface area contributed by atoms with Gasteiger partial charge in [0.05, 0.1) is 0 Å². The van der Waals surface area contributed by atoms with Crippen LogP contribution in [0.5, 0.6) is 0 Å². The minimum atomic E-state index is 0. The predicted molar refractivity (Wildman–Crippen MR) is 176 cm³/mol. The Kier molecular flexibility index (Phi) is 14.6. The molecule has 8 rings (SSSR count). The second-order valence-corrected chi connectivity index (χ2v) is 9.85. The van der Waals surface area contributed by atoms with Gasteiger partial charge in [-0.15, -0.1) is 11.1 Å². The van der Waals surface area contributed by atoms with Crippen LogP contribution in [0.25, 0.3) is 22.3 Å². The molecule has 0 nitrogen and oxygen atoms in total. The van der Waals surface area contributed by atoms with Gasteiger partial charge in [0.25, 0.3) is 0 Å². The van der Waals surface area contributed by atoms with E-state index < -0.39 is 0 Å². The number of aryl methyl sites for hydroxylation is 2. The summed E-state index contributed by atoms with van der Waals surface area (Å²) in [7, 11) is 0. The van der Waals surface area contributed by atoms with Crippen LogP contribution in [0.15, 0.2) is 133 Å². The SMILES string of the molecule is Cc1[c-]cccc1C.[Cl-].[SiH2]=[Zr].[c-]1cccc2c1Cc1ccccc1-2.[c-]1cccc2c1Cc1ccccc1-2.[c-]1ccccc1. The second kappa shape index (κ2) is 18.4. The normalized spacial score (nSPS) is 10.3. The van der Waals surface area contributed by atoms with Crippen molar-refractivity contribution in [2.45, 2.75) is 26.7 Å². The molecule has 0 N–H and O–H groups in total. The Balaban J connectivity index is 0.000000159. The van der Waals surface area contributed by atoms with Crippen LogP contribution in [-0.2, 0) is 36.2 Å². The van der Waals surface area contributed by atoms with E-state index in [-0.39, 0.29) is 12.4 Å². The summed E-state index contributed by atoms with van der Waals surface area (Å²) in [5, 5.41) is 0. The standard InChI is InChI=1S/2C13H9.C8H9.C6H5.ClH.H2Si.Zr/c2*1-3-7-12-10(5-1)9-11-6-2-4-8-13(11)12;1-7-5-3-4-6-8(7)2;1-2-4-6-5-3-1;;;/h2*1-5,7-8H,9H2;3-5H,1-2H3;1-5H;1H;1H2;/q4*-1;;;/p-1. The molecule has 0 heterocycles. The van der Waals surface area contributed by atoms with Crippen molar-refractivity contribution in [1.82, 2.24) is 0 Å². The van der Waals surface area contributed by atoms with Gasteiger partial charge in [-0.25, -0.2) is 0 Å². The Hall–Kier alpha value is -3.29. The van der Waals surface area contributed by atoms with Gasteiger partial charge >= 0.3 is 30.2 Å². The maximum Gasteiger partial charge on any atom is -0.0253 e. The molecular formula is C40H34ClSiZr-5. The summed E-state index contributed by atoms with van der Waals surface area (Å²) in [4.78, 5) is 0. The molecular weight excluding hydrogens is 635 g/mol. The Labute approximate surface area is 280 Å². The van der Waals surface area contributed by atoms with E-state index in [1.54, 1.807) is 23.3 Å². The maximum absolute atomic E-state index is 3.30. The molecule has 0 unspecified atom stereocenters. The van der Waals surface area contributed by atoms with Crippen molar-refractivity contribution in [3.8, 4) is 22.3 Å². The quantitative estimate of drug-likeness (QED) is 0.142. The molecule has 0 spiro atoms. The second-order valence-electron chi connectivity index (χ2n) is 9.85. The van der Waals surface area contributed by atoms with Crippen molar-refractivity contribution in [3.05, 3.63) is 191 Å². The third kappa shape index (κ3) is 9.60. The number of rotatable bonds is 0. The number of hydrogen-bond donors (Lipinski definition) is 0. The van der Waals surface area contributed by atoms with Gasteiger partial charge in [0.15, 0.2) is 0 Å². The number of fused-ring (bicyclic) bond motifs is 6. The van der Waals surface area contributed by atoms with E-state index in [0.717, 1.165) is 12.8 Å². The first-order valence-corrected chi connectivity index (χ1v) is 20.0. The van der Waals surface area contributed by atoms with Gasteiger partial charge in [0, 0.05) is 0 Å². The summed E-state index contributed by atoms with van der Waals surface area (Å²) in [5.41, 5.74) is 13.6. The van der Waals surface area contributed by atoms with E-state index in [1.807, 2.05) is 61.5 Å².